The van der Waals surface area contributed by atoms with Crippen LogP contribution < -0.4 is 4.74 Å². The Labute approximate surface area is 219 Å². The van der Waals surface area contributed by atoms with Gasteiger partial charge in [0.2, 0.25) is 5.88 Å². The third-order valence-electron chi connectivity index (χ3n) is 7.69. The molecule has 0 radical (unpaired) electrons. The molecule has 0 aliphatic heterocycles. The number of rotatable bonds is 7. The van der Waals surface area contributed by atoms with Crippen LogP contribution in [0.5, 0.6) is 5.88 Å². The van der Waals surface area contributed by atoms with E-state index in [1.807, 2.05) is 6.20 Å². The quantitative estimate of drug-likeness (QED) is 0.223. The third-order valence-corrected chi connectivity index (χ3v) is 7.69. The van der Waals surface area contributed by atoms with Crippen LogP contribution >= 0.6 is 0 Å². The highest BCUT2D eigenvalue weighted by Gasteiger charge is 2.41. The van der Waals surface area contributed by atoms with Crippen LogP contribution in [0.1, 0.15) is 61.4 Å². The Hall–Kier alpha value is -3.92. The van der Waals surface area contributed by atoms with Crippen LogP contribution in [0.3, 0.4) is 0 Å². The molecule has 4 heteroatoms. The highest BCUT2D eigenvalue weighted by Crippen LogP contribution is 2.44. The normalized spacial score (nSPS) is 14.6. The minimum atomic E-state index is -0.668. The molecule has 37 heavy (non-hydrogen) atoms. The van der Waals surface area contributed by atoms with Crippen LogP contribution in [0.4, 0.5) is 0 Å². The van der Waals surface area contributed by atoms with E-state index >= 15 is 0 Å². The average Bonchev–Trinajstić information content (AvgIpc) is 3.36. The molecule has 1 aliphatic rings. The maximum Gasteiger partial charge on any atom is 0.225 e. The van der Waals surface area contributed by atoms with Crippen LogP contribution in [0.25, 0.3) is 10.9 Å². The van der Waals surface area contributed by atoms with Gasteiger partial charge in [0.25, 0.3) is 0 Å². The van der Waals surface area contributed by atoms with Crippen molar-refractivity contribution in [2.24, 2.45) is 0 Å². The zero-order valence-corrected chi connectivity index (χ0v) is 21.4. The maximum atomic E-state index is 6.59. The zero-order chi connectivity index (χ0) is 25.1. The Morgan fingerprint density at radius 2 is 1.30 bits per heavy atom. The van der Waals surface area contributed by atoms with Crippen molar-refractivity contribution in [2.45, 2.75) is 57.1 Å². The van der Waals surface area contributed by atoms with Crippen molar-refractivity contribution in [1.29, 1.82) is 0 Å². The second-order valence-corrected chi connectivity index (χ2v) is 9.91. The summed E-state index contributed by atoms with van der Waals surface area (Å²) < 4.78 is 8.81. The third kappa shape index (κ3) is 4.11. The minimum absolute atomic E-state index is 0.224. The summed E-state index contributed by atoms with van der Waals surface area (Å²) in [5, 5.41) is 6.39. The van der Waals surface area contributed by atoms with E-state index in [0.717, 1.165) is 58.4 Å². The fraction of sp³-hybridized carbons (Fsp3) is 0.273. The standard InChI is InChI=1S/C33H33N3O/c1-2-29-31-30(23-24-34-32(31)37-28-21-13-6-14-22-28)36(35-29)33(25-15-7-3-8-16-25,26-17-9-4-10-18-26)27-19-11-5-12-20-27/h3-5,7-12,15-20,23-24,28H,2,6,13-14,21-22H2,1H3. The Kier molecular flexibility index (Phi) is 6.48. The number of ether oxygens (including phenoxy) is 1. The van der Waals surface area contributed by atoms with Gasteiger partial charge in [0.15, 0.2) is 0 Å². The average molecular weight is 488 g/mol. The predicted molar refractivity (Wildman–Crippen MR) is 149 cm³/mol. The number of benzene rings is 3. The van der Waals surface area contributed by atoms with E-state index in [9.17, 15) is 0 Å². The van der Waals surface area contributed by atoms with Gasteiger partial charge < -0.3 is 4.74 Å². The largest absolute Gasteiger partial charge is 0.474 e. The topological polar surface area (TPSA) is 39.9 Å². The van der Waals surface area contributed by atoms with Gasteiger partial charge in [-0.1, -0.05) is 104 Å². The van der Waals surface area contributed by atoms with Crippen LogP contribution in [0.15, 0.2) is 103 Å². The van der Waals surface area contributed by atoms with Gasteiger partial charge in [-0.2, -0.15) is 5.10 Å². The first-order valence-electron chi connectivity index (χ1n) is 13.5. The van der Waals surface area contributed by atoms with Crippen molar-refractivity contribution >= 4 is 10.9 Å². The predicted octanol–water partition coefficient (Wildman–Crippen LogP) is 7.55. The molecular formula is C33H33N3O. The van der Waals surface area contributed by atoms with Gasteiger partial charge in [-0.3, -0.25) is 0 Å². The highest BCUT2D eigenvalue weighted by molar-refractivity contribution is 5.87. The SMILES string of the molecule is CCc1nn(C(c2ccccc2)(c2ccccc2)c2ccccc2)c2ccnc(OC3CCCCC3)c12. The molecule has 0 spiro atoms. The summed E-state index contributed by atoms with van der Waals surface area (Å²) in [4.78, 5) is 4.75. The monoisotopic (exact) mass is 487 g/mol. The molecule has 3 aromatic carbocycles. The van der Waals surface area contributed by atoms with Gasteiger partial charge >= 0.3 is 0 Å². The molecule has 0 amide bonds. The molecule has 2 heterocycles. The van der Waals surface area contributed by atoms with Crippen molar-refractivity contribution in [2.75, 3.05) is 0 Å². The molecule has 0 bridgehead atoms. The molecule has 0 N–H and O–H groups in total. The Bertz CT molecular complexity index is 1360. The molecule has 1 fully saturated rings. The van der Waals surface area contributed by atoms with E-state index in [1.54, 1.807) is 0 Å². The summed E-state index contributed by atoms with van der Waals surface area (Å²) >= 11 is 0. The van der Waals surface area contributed by atoms with E-state index < -0.39 is 5.54 Å². The van der Waals surface area contributed by atoms with Crippen molar-refractivity contribution in [1.82, 2.24) is 14.8 Å². The number of aromatic nitrogens is 3. The van der Waals surface area contributed by atoms with Crippen molar-refractivity contribution in [3.8, 4) is 5.88 Å². The maximum absolute atomic E-state index is 6.59. The van der Waals surface area contributed by atoms with Gasteiger partial charge in [-0.05, 0) is 54.9 Å². The van der Waals surface area contributed by atoms with Crippen molar-refractivity contribution in [3.63, 3.8) is 0 Å². The number of aryl methyl sites for hydroxylation is 1. The lowest BCUT2D eigenvalue weighted by Crippen LogP contribution is -2.38. The van der Waals surface area contributed by atoms with Crippen molar-refractivity contribution in [3.05, 3.63) is 126 Å². The summed E-state index contributed by atoms with van der Waals surface area (Å²) in [6.45, 7) is 2.17. The molecule has 4 nitrogen and oxygen atoms in total. The minimum Gasteiger partial charge on any atom is -0.474 e. The lowest BCUT2D eigenvalue weighted by Gasteiger charge is -2.37. The molecule has 1 aliphatic carbocycles. The molecule has 2 aromatic heterocycles. The van der Waals surface area contributed by atoms with E-state index in [2.05, 4.69) is 109 Å². The van der Waals surface area contributed by atoms with Crippen LogP contribution in [0.2, 0.25) is 0 Å². The number of fused-ring (bicyclic) bond motifs is 1. The summed E-state index contributed by atoms with van der Waals surface area (Å²) in [6, 6.07) is 34.2. The molecule has 0 unspecified atom stereocenters. The van der Waals surface area contributed by atoms with Gasteiger partial charge in [0.1, 0.15) is 11.6 Å². The van der Waals surface area contributed by atoms with E-state index in [-0.39, 0.29) is 6.10 Å². The first kappa shape index (κ1) is 23.5. The second-order valence-electron chi connectivity index (χ2n) is 9.91. The number of pyridine rings is 1. The lowest BCUT2D eigenvalue weighted by atomic mass is 9.77. The second kappa shape index (κ2) is 10.2. The van der Waals surface area contributed by atoms with Gasteiger partial charge in [-0.25, -0.2) is 9.67 Å². The number of hydrogen-bond donors (Lipinski definition) is 0. The molecular weight excluding hydrogens is 454 g/mol. The smallest absolute Gasteiger partial charge is 0.225 e. The van der Waals surface area contributed by atoms with Crippen molar-refractivity contribution < 1.29 is 4.74 Å². The Morgan fingerprint density at radius 1 is 0.757 bits per heavy atom. The molecule has 5 aromatic rings. The highest BCUT2D eigenvalue weighted by atomic mass is 16.5. The van der Waals surface area contributed by atoms with Crippen LogP contribution in [-0.4, -0.2) is 20.9 Å². The summed E-state index contributed by atoms with van der Waals surface area (Å²) in [7, 11) is 0. The fourth-order valence-electron chi connectivity index (χ4n) is 5.94. The first-order valence-corrected chi connectivity index (χ1v) is 13.5. The summed E-state index contributed by atoms with van der Waals surface area (Å²) in [6.07, 6.45) is 8.82. The molecule has 0 atom stereocenters. The van der Waals surface area contributed by atoms with Gasteiger partial charge in [-0.15, -0.1) is 0 Å². The van der Waals surface area contributed by atoms with Crippen LogP contribution in [-0.2, 0) is 12.0 Å². The van der Waals surface area contributed by atoms with Gasteiger partial charge in [0.05, 0.1) is 16.6 Å². The molecule has 186 valence electrons. The van der Waals surface area contributed by atoms with E-state index in [0.29, 0.717) is 0 Å². The fourth-order valence-corrected chi connectivity index (χ4v) is 5.94. The molecule has 1 saturated carbocycles. The number of nitrogens with zero attached hydrogens (tertiary/aromatic N) is 3. The molecule has 6 rings (SSSR count). The Morgan fingerprint density at radius 3 is 1.81 bits per heavy atom. The number of hydrogen-bond acceptors (Lipinski definition) is 3. The van der Waals surface area contributed by atoms with Crippen LogP contribution in [0, 0.1) is 0 Å². The zero-order valence-electron chi connectivity index (χ0n) is 21.4. The lowest BCUT2D eigenvalue weighted by molar-refractivity contribution is 0.151. The van der Waals surface area contributed by atoms with E-state index in [1.165, 1.54) is 19.3 Å². The van der Waals surface area contributed by atoms with E-state index in [4.69, 9.17) is 14.8 Å². The molecule has 0 saturated heterocycles. The first-order chi connectivity index (χ1) is 18.3. The van der Waals surface area contributed by atoms with Gasteiger partial charge in [0, 0.05) is 6.20 Å². The summed E-state index contributed by atoms with van der Waals surface area (Å²) in [5.41, 5.74) is 4.86. The Balaban J connectivity index is 1.67. The summed E-state index contributed by atoms with van der Waals surface area (Å²) in [5.74, 6) is 0.718.